The van der Waals surface area contributed by atoms with Crippen LogP contribution in [0.4, 0.5) is 4.39 Å². The van der Waals surface area contributed by atoms with E-state index >= 15 is 0 Å². The van der Waals surface area contributed by atoms with Crippen LogP contribution in [0.15, 0.2) is 24.3 Å². The summed E-state index contributed by atoms with van der Waals surface area (Å²) in [6, 6.07) is 6.56. The van der Waals surface area contributed by atoms with Crippen molar-refractivity contribution in [1.29, 1.82) is 0 Å². The first-order valence-electron chi connectivity index (χ1n) is 3.69. The highest BCUT2D eigenvalue weighted by atomic mass is 19.1. The predicted molar refractivity (Wildman–Crippen MR) is 43.9 cm³/mol. The summed E-state index contributed by atoms with van der Waals surface area (Å²) >= 11 is 0. The summed E-state index contributed by atoms with van der Waals surface area (Å²) in [6.45, 7) is 2.54. The minimum absolute atomic E-state index is 0.192. The Morgan fingerprint density at radius 2 is 2.27 bits per heavy atom. The van der Waals surface area contributed by atoms with E-state index in [1.165, 1.54) is 12.1 Å². The van der Waals surface area contributed by atoms with Crippen molar-refractivity contribution in [1.82, 2.24) is 0 Å². The van der Waals surface area contributed by atoms with Crippen molar-refractivity contribution in [2.75, 3.05) is 6.54 Å². The van der Waals surface area contributed by atoms with Gasteiger partial charge in [0.2, 0.25) is 0 Å². The van der Waals surface area contributed by atoms with Crippen LogP contribution in [-0.4, -0.2) is 6.54 Å². The Morgan fingerprint density at radius 3 is 2.82 bits per heavy atom. The molecular weight excluding hydrogens is 141 g/mol. The molecule has 60 valence electrons. The Morgan fingerprint density at radius 1 is 1.55 bits per heavy atom. The van der Waals surface area contributed by atoms with Gasteiger partial charge in [-0.15, -0.1) is 0 Å². The van der Waals surface area contributed by atoms with Gasteiger partial charge in [0.25, 0.3) is 0 Å². The Hall–Kier alpha value is -0.890. The number of hydrogen-bond donors (Lipinski definition) is 1. The molecule has 0 amide bonds. The summed E-state index contributed by atoms with van der Waals surface area (Å²) in [5.41, 5.74) is 6.40. The molecule has 11 heavy (non-hydrogen) atoms. The van der Waals surface area contributed by atoms with Gasteiger partial charge in [-0.25, -0.2) is 4.39 Å². The van der Waals surface area contributed by atoms with Crippen LogP contribution in [0.25, 0.3) is 0 Å². The highest BCUT2D eigenvalue weighted by molar-refractivity contribution is 5.20. The maximum atomic E-state index is 12.6. The molecule has 1 rings (SSSR count). The van der Waals surface area contributed by atoms with Gasteiger partial charge in [0.05, 0.1) is 0 Å². The van der Waals surface area contributed by atoms with Gasteiger partial charge < -0.3 is 5.73 Å². The molecule has 0 aliphatic carbocycles. The largest absolute Gasteiger partial charge is 0.330 e. The molecule has 0 bridgehead atoms. The maximum Gasteiger partial charge on any atom is 0.123 e. The lowest BCUT2D eigenvalue weighted by Crippen LogP contribution is -2.08. The molecule has 1 nitrogen and oxygen atoms in total. The molecule has 0 unspecified atom stereocenters. The molecule has 1 atom stereocenters. The lowest BCUT2D eigenvalue weighted by atomic mass is 10.0. The molecular formula is C9H12FN. The van der Waals surface area contributed by atoms with Gasteiger partial charge in [0, 0.05) is 0 Å². The Kier molecular flexibility index (Phi) is 2.60. The van der Waals surface area contributed by atoms with Crippen LogP contribution in [-0.2, 0) is 0 Å². The van der Waals surface area contributed by atoms with Gasteiger partial charge in [-0.2, -0.15) is 0 Å². The van der Waals surface area contributed by atoms with E-state index in [-0.39, 0.29) is 11.7 Å². The van der Waals surface area contributed by atoms with Gasteiger partial charge >= 0.3 is 0 Å². The molecule has 1 aromatic carbocycles. The summed E-state index contributed by atoms with van der Waals surface area (Å²) in [4.78, 5) is 0. The average Bonchev–Trinajstić information content (AvgIpc) is 2.03. The zero-order valence-electron chi connectivity index (χ0n) is 6.55. The first-order chi connectivity index (χ1) is 5.24. The molecule has 0 radical (unpaired) electrons. The lowest BCUT2D eigenvalue weighted by molar-refractivity contribution is 0.621. The molecule has 0 saturated heterocycles. The van der Waals surface area contributed by atoms with Crippen LogP contribution in [0.3, 0.4) is 0 Å². The topological polar surface area (TPSA) is 26.0 Å². The molecule has 0 fully saturated rings. The van der Waals surface area contributed by atoms with E-state index in [9.17, 15) is 4.39 Å². The Labute approximate surface area is 66.0 Å². The summed E-state index contributed by atoms with van der Waals surface area (Å²) in [5, 5.41) is 0. The minimum atomic E-state index is -0.192. The van der Waals surface area contributed by atoms with Gasteiger partial charge in [-0.3, -0.25) is 0 Å². The maximum absolute atomic E-state index is 12.6. The number of halogens is 1. The predicted octanol–water partition coefficient (Wildman–Crippen LogP) is 1.89. The third-order valence-electron chi connectivity index (χ3n) is 1.77. The number of benzene rings is 1. The highest BCUT2D eigenvalue weighted by Gasteiger charge is 2.02. The van der Waals surface area contributed by atoms with E-state index in [0.717, 1.165) is 5.56 Å². The van der Waals surface area contributed by atoms with Crippen LogP contribution in [0.1, 0.15) is 18.4 Å². The van der Waals surface area contributed by atoms with Gasteiger partial charge in [0.15, 0.2) is 0 Å². The average molecular weight is 153 g/mol. The highest BCUT2D eigenvalue weighted by Crippen LogP contribution is 2.13. The first kappa shape index (κ1) is 8.21. The van der Waals surface area contributed by atoms with Crippen molar-refractivity contribution in [2.45, 2.75) is 12.8 Å². The second-order valence-electron chi connectivity index (χ2n) is 2.69. The van der Waals surface area contributed by atoms with Crippen molar-refractivity contribution >= 4 is 0 Å². The van der Waals surface area contributed by atoms with Crippen LogP contribution in [0.2, 0.25) is 0 Å². The monoisotopic (exact) mass is 153 g/mol. The minimum Gasteiger partial charge on any atom is -0.330 e. The Balaban J connectivity index is 2.86. The fourth-order valence-corrected chi connectivity index (χ4v) is 0.949. The zero-order valence-corrected chi connectivity index (χ0v) is 6.55. The van der Waals surface area contributed by atoms with E-state index in [4.69, 9.17) is 5.73 Å². The normalized spacial score (nSPS) is 13.0. The van der Waals surface area contributed by atoms with Crippen molar-refractivity contribution < 1.29 is 4.39 Å². The molecule has 2 N–H and O–H groups in total. The van der Waals surface area contributed by atoms with Crippen LogP contribution >= 0.6 is 0 Å². The molecule has 0 aliphatic rings. The molecule has 0 aliphatic heterocycles. The van der Waals surface area contributed by atoms with Gasteiger partial charge in [-0.05, 0) is 30.2 Å². The van der Waals surface area contributed by atoms with E-state index in [1.54, 1.807) is 6.07 Å². The zero-order chi connectivity index (χ0) is 8.27. The SMILES string of the molecule is C[C@@H](CN)c1cccc(F)c1. The summed E-state index contributed by atoms with van der Waals surface area (Å²) in [5.74, 6) is 0.0495. The fourth-order valence-electron chi connectivity index (χ4n) is 0.949. The smallest absolute Gasteiger partial charge is 0.123 e. The molecule has 0 spiro atoms. The molecule has 0 saturated carbocycles. The second-order valence-corrected chi connectivity index (χ2v) is 2.69. The standard InChI is InChI=1S/C9H12FN/c1-7(6-11)8-3-2-4-9(10)5-8/h2-5,7H,6,11H2,1H3/t7-/m0/s1. The summed E-state index contributed by atoms with van der Waals surface area (Å²) < 4.78 is 12.6. The first-order valence-corrected chi connectivity index (χ1v) is 3.69. The van der Waals surface area contributed by atoms with Crippen molar-refractivity contribution in [3.05, 3.63) is 35.6 Å². The quantitative estimate of drug-likeness (QED) is 0.689. The van der Waals surface area contributed by atoms with Gasteiger partial charge in [-0.1, -0.05) is 19.1 Å². The number of nitrogens with two attached hydrogens (primary N) is 1. The van der Waals surface area contributed by atoms with E-state index in [2.05, 4.69) is 0 Å². The van der Waals surface area contributed by atoms with Crippen LogP contribution < -0.4 is 5.73 Å². The lowest BCUT2D eigenvalue weighted by Gasteiger charge is -2.07. The number of rotatable bonds is 2. The fraction of sp³-hybridized carbons (Fsp3) is 0.333. The van der Waals surface area contributed by atoms with Crippen LogP contribution in [0, 0.1) is 5.82 Å². The third-order valence-corrected chi connectivity index (χ3v) is 1.77. The van der Waals surface area contributed by atoms with Gasteiger partial charge in [0.1, 0.15) is 5.82 Å². The summed E-state index contributed by atoms with van der Waals surface area (Å²) in [7, 11) is 0. The summed E-state index contributed by atoms with van der Waals surface area (Å²) in [6.07, 6.45) is 0. The van der Waals surface area contributed by atoms with Crippen LogP contribution in [0.5, 0.6) is 0 Å². The Bertz CT molecular complexity index is 235. The van der Waals surface area contributed by atoms with Crippen molar-refractivity contribution in [3.8, 4) is 0 Å². The molecule has 0 heterocycles. The van der Waals surface area contributed by atoms with E-state index in [1.807, 2.05) is 13.0 Å². The van der Waals surface area contributed by atoms with Crippen molar-refractivity contribution in [2.24, 2.45) is 5.73 Å². The number of hydrogen-bond acceptors (Lipinski definition) is 1. The molecule has 1 aromatic rings. The molecule has 2 heteroatoms. The second kappa shape index (κ2) is 3.49. The van der Waals surface area contributed by atoms with E-state index < -0.39 is 0 Å². The van der Waals surface area contributed by atoms with Crippen molar-refractivity contribution in [3.63, 3.8) is 0 Å². The van der Waals surface area contributed by atoms with E-state index in [0.29, 0.717) is 6.54 Å². The third kappa shape index (κ3) is 2.02. The molecule has 0 aromatic heterocycles.